The van der Waals surface area contributed by atoms with Crippen molar-refractivity contribution in [1.82, 2.24) is 9.38 Å². The fourth-order valence-electron chi connectivity index (χ4n) is 1.93. The van der Waals surface area contributed by atoms with E-state index in [1.807, 2.05) is 0 Å². The van der Waals surface area contributed by atoms with Crippen molar-refractivity contribution in [3.8, 4) is 11.1 Å². The second-order valence-corrected chi connectivity index (χ2v) is 4.12. The topological polar surface area (TPSA) is 54.6 Å². The summed E-state index contributed by atoms with van der Waals surface area (Å²) in [7, 11) is 0. The minimum absolute atomic E-state index is 0.0172. The molecule has 0 spiro atoms. The van der Waals surface area contributed by atoms with Crippen LogP contribution in [-0.2, 0) is 0 Å². The lowest BCUT2D eigenvalue weighted by atomic mass is 10.1. The van der Waals surface area contributed by atoms with Crippen molar-refractivity contribution in [3.63, 3.8) is 0 Å². The van der Waals surface area contributed by atoms with E-state index in [1.165, 1.54) is 18.3 Å². The number of hydrogen-bond acceptors (Lipinski definition) is 2. The van der Waals surface area contributed by atoms with Gasteiger partial charge >= 0.3 is 5.97 Å². The van der Waals surface area contributed by atoms with Crippen LogP contribution in [0.15, 0.2) is 48.8 Å². The maximum atomic E-state index is 13.2. The number of rotatable bonds is 2. The number of carbonyl (C=O) groups is 1. The highest BCUT2D eigenvalue weighted by molar-refractivity contribution is 5.86. The minimum atomic E-state index is -1.07. The molecule has 0 unspecified atom stereocenters. The van der Waals surface area contributed by atoms with Crippen molar-refractivity contribution in [2.45, 2.75) is 0 Å². The highest BCUT2D eigenvalue weighted by atomic mass is 19.1. The number of aromatic carboxylic acids is 1. The molecule has 3 aromatic rings. The predicted octanol–water partition coefficient (Wildman–Crippen LogP) is 2.84. The van der Waals surface area contributed by atoms with Gasteiger partial charge in [-0.1, -0.05) is 12.1 Å². The van der Waals surface area contributed by atoms with E-state index in [1.54, 1.807) is 34.9 Å². The highest BCUT2D eigenvalue weighted by Gasteiger charge is 2.09. The van der Waals surface area contributed by atoms with Crippen LogP contribution in [0.4, 0.5) is 4.39 Å². The van der Waals surface area contributed by atoms with Crippen molar-refractivity contribution in [2.24, 2.45) is 0 Å². The zero-order chi connectivity index (χ0) is 13.4. The van der Waals surface area contributed by atoms with Gasteiger partial charge < -0.3 is 9.51 Å². The molecule has 0 aliphatic carbocycles. The van der Waals surface area contributed by atoms with Crippen LogP contribution in [0.3, 0.4) is 0 Å². The van der Waals surface area contributed by atoms with E-state index >= 15 is 0 Å². The fraction of sp³-hybridized carbons (Fsp3) is 0. The molecule has 0 bridgehead atoms. The third kappa shape index (κ3) is 2.06. The summed E-state index contributed by atoms with van der Waals surface area (Å²) in [4.78, 5) is 14.8. The van der Waals surface area contributed by atoms with Gasteiger partial charge in [0.05, 0.1) is 0 Å². The smallest absolute Gasteiger partial charge is 0.356 e. The average Bonchev–Trinajstić information content (AvgIpc) is 2.81. The third-order valence-electron chi connectivity index (χ3n) is 2.83. The number of hydrogen-bond donors (Lipinski definition) is 1. The predicted molar refractivity (Wildman–Crippen MR) is 67.5 cm³/mol. The maximum absolute atomic E-state index is 13.2. The van der Waals surface area contributed by atoms with Crippen LogP contribution in [0.1, 0.15) is 10.5 Å². The van der Waals surface area contributed by atoms with E-state index in [0.29, 0.717) is 5.65 Å². The van der Waals surface area contributed by atoms with Gasteiger partial charge in [-0.25, -0.2) is 14.2 Å². The molecular weight excluding hydrogens is 247 g/mol. The molecule has 2 aromatic heterocycles. The Balaban J connectivity index is 2.13. The van der Waals surface area contributed by atoms with E-state index in [9.17, 15) is 9.18 Å². The SMILES string of the molecule is O=C(O)c1cn2cc(-c3cccc(F)c3)ccc2n1. The van der Waals surface area contributed by atoms with Gasteiger partial charge in [0.2, 0.25) is 0 Å². The molecule has 0 aliphatic heterocycles. The lowest BCUT2D eigenvalue weighted by Crippen LogP contribution is -1.94. The first-order valence-corrected chi connectivity index (χ1v) is 5.61. The Morgan fingerprint density at radius 3 is 2.74 bits per heavy atom. The number of fused-ring (bicyclic) bond motifs is 1. The van der Waals surface area contributed by atoms with Crippen molar-refractivity contribution in [3.05, 3.63) is 60.3 Å². The van der Waals surface area contributed by atoms with E-state index in [2.05, 4.69) is 4.98 Å². The quantitative estimate of drug-likeness (QED) is 0.767. The summed E-state index contributed by atoms with van der Waals surface area (Å²) in [6.45, 7) is 0. The summed E-state index contributed by atoms with van der Waals surface area (Å²) >= 11 is 0. The average molecular weight is 256 g/mol. The second kappa shape index (κ2) is 4.20. The standard InChI is InChI=1S/C14H9FN2O2/c15-11-3-1-2-9(6-11)10-4-5-13-16-12(14(18)19)8-17(13)7-10/h1-8H,(H,18,19). The largest absolute Gasteiger partial charge is 0.476 e. The first kappa shape index (κ1) is 11.4. The van der Waals surface area contributed by atoms with Gasteiger partial charge in [-0.2, -0.15) is 0 Å². The Labute approximate surface area is 107 Å². The van der Waals surface area contributed by atoms with Gasteiger partial charge in [0.15, 0.2) is 5.69 Å². The van der Waals surface area contributed by atoms with E-state index < -0.39 is 5.97 Å². The highest BCUT2D eigenvalue weighted by Crippen LogP contribution is 2.21. The molecule has 4 nitrogen and oxygen atoms in total. The number of pyridine rings is 1. The Morgan fingerprint density at radius 1 is 1.16 bits per heavy atom. The number of carboxylic acid groups (broad SMARTS) is 1. The molecule has 0 atom stereocenters. The molecule has 1 N–H and O–H groups in total. The molecule has 3 rings (SSSR count). The van der Waals surface area contributed by atoms with Crippen molar-refractivity contribution in [2.75, 3.05) is 0 Å². The molecule has 0 aliphatic rings. The molecule has 0 saturated heterocycles. The molecule has 0 fully saturated rings. The number of aromatic nitrogens is 2. The van der Waals surface area contributed by atoms with Crippen LogP contribution >= 0.6 is 0 Å². The van der Waals surface area contributed by atoms with Gasteiger partial charge in [-0.3, -0.25) is 0 Å². The molecule has 19 heavy (non-hydrogen) atoms. The zero-order valence-corrected chi connectivity index (χ0v) is 9.75. The van der Waals surface area contributed by atoms with Crippen LogP contribution in [-0.4, -0.2) is 20.5 Å². The zero-order valence-electron chi connectivity index (χ0n) is 9.75. The Morgan fingerprint density at radius 2 is 2.00 bits per heavy atom. The van der Waals surface area contributed by atoms with Gasteiger partial charge in [0, 0.05) is 12.4 Å². The number of benzene rings is 1. The summed E-state index contributed by atoms with van der Waals surface area (Å²) < 4.78 is 14.8. The Bertz CT molecular complexity index is 780. The molecule has 5 heteroatoms. The lowest BCUT2D eigenvalue weighted by Gasteiger charge is -2.02. The molecule has 94 valence electrons. The normalized spacial score (nSPS) is 10.8. The van der Waals surface area contributed by atoms with Crippen molar-refractivity contribution >= 4 is 11.6 Å². The van der Waals surface area contributed by atoms with Gasteiger partial charge in [-0.15, -0.1) is 0 Å². The minimum Gasteiger partial charge on any atom is -0.476 e. The molecule has 1 aromatic carbocycles. The first-order chi connectivity index (χ1) is 9.13. The molecule has 0 radical (unpaired) electrons. The Kier molecular flexibility index (Phi) is 2.52. The number of nitrogens with zero attached hydrogens (tertiary/aromatic N) is 2. The van der Waals surface area contributed by atoms with E-state index in [-0.39, 0.29) is 11.5 Å². The number of carboxylic acids is 1. The summed E-state index contributed by atoms with van der Waals surface area (Å²) in [5.74, 6) is -1.38. The van der Waals surface area contributed by atoms with Crippen LogP contribution in [0.5, 0.6) is 0 Å². The van der Waals surface area contributed by atoms with Crippen LogP contribution in [0, 0.1) is 5.82 Å². The van der Waals surface area contributed by atoms with Gasteiger partial charge in [-0.05, 0) is 35.4 Å². The van der Waals surface area contributed by atoms with Crippen molar-refractivity contribution in [1.29, 1.82) is 0 Å². The third-order valence-corrected chi connectivity index (χ3v) is 2.83. The lowest BCUT2D eigenvalue weighted by molar-refractivity contribution is 0.0691. The summed E-state index contributed by atoms with van der Waals surface area (Å²) in [5.41, 5.74) is 2.04. The summed E-state index contributed by atoms with van der Waals surface area (Å²) in [5, 5.41) is 8.88. The second-order valence-electron chi connectivity index (χ2n) is 4.12. The monoisotopic (exact) mass is 256 g/mol. The molecular formula is C14H9FN2O2. The van der Waals surface area contributed by atoms with Crippen molar-refractivity contribution < 1.29 is 14.3 Å². The number of imidazole rings is 1. The van der Waals surface area contributed by atoms with Crippen LogP contribution in [0.2, 0.25) is 0 Å². The van der Waals surface area contributed by atoms with Crippen LogP contribution < -0.4 is 0 Å². The fourth-order valence-corrected chi connectivity index (χ4v) is 1.93. The van der Waals surface area contributed by atoms with Crippen LogP contribution in [0.25, 0.3) is 16.8 Å². The first-order valence-electron chi connectivity index (χ1n) is 5.61. The summed E-state index contributed by atoms with van der Waals surface area (Å²) in [6.07, 6.45) is 3.16. The molecule has 2 heterocycles. The van der Waals surface area contributed by atoms with Gasteiger partial charge in [0.25, 0.3) is 0 Å². The summed E-state index contributed by atoms with van der Waals surface area (Å²) in [6, 6.07) is 9.71. The number of halogens is 1. The van der Waals surface area contributed by atoms with Gasteiger partial charge in [0.1, 0.15) is 11.5 Å². The van der Waals surface area contributed by atoms with E-state index in [4.69, 9.17) is 5.11 Å². The molecule has 0 amide bonds. The maximum Gasteiger partial charge on any atom is 0.356 e. The molecule has 0 saturated carbocycles. The van der Waals surface area contributed by atoms with E-state index in [0.717, 1.165) is 11.1 Å². The Hall–Kier alpha value is -2.69.